The Morgan fingerprint density at radius 3 is 2.52 bits per heavy atom. The number of nitrogens with one attached hydrogen (secondary N) is 1. The SMILES string of the molecule is Cc1nn(CCN)c(C)c1S(=O)(=O)NCCSC(F)(F)F. The number of thioether (sulfide) groups is 1. The quantitative estimate of drug-likeness (QED) is 0.719. The summed E-state index contributed by atoms with van der Waals surface area (Å²) in [6.45, 7) is 3.46. The van der Waals surface area contributed by atoms with Crippen molar-refractivity contribution in [1.82, 2.24) is 14.5 Å². The van der Waals surface area contributed by atoms with Gasteiger partial charge in [-0.15, -0.1) is 0 Å². The standard InChI is InChI=1S/C10H17F3N4O2S2/c1-7-9(8(2)17(16-7)5-3-14)21(18,19)15-4-6-20-10(11,12)13/h15H,3-6,14H2,1-2H3. The summed E-state index contributed by atoms with van der Waals surface area (Å²) in [6.07, 6.45) is 0. The van der Waals surface area contributed by atoms with Gasteiger partial charge in [-0.3, -0.25) is 4.68 Å². The third kappa shape index (κ3) is 5.16. The second kappa shape index (κ2) is 6.99. The Balaban J connectivity index is 2.79. The first-order valence-corrected chi connectivity index (χ1v) is 8.50. The van der Waals surface area contributed by atoms with Crippen LogP contribution in [0.5, 0.6) is 0 Å². The van der Waals surface area contributed by atoms with Gasteiger partial charge in [0.1, 0.15) is 4.90 Å². The van der Waals surface area contributed by atoms with Gasteiger partial charge in [0.15, 0.2) is 0 Å². The summed E-state index contributed by atoms with van der Waals surface area (Å²) in [4.78, 5) is -0.00652. The first-order chi connectivity index (χ1) is 9.58. The molecule has 0 spiro atoms. The van der Waals surface area contributed by atoms with Gasteiger partial charge >= 0.3 is 5.51 Å². The lowest BCUT2D eigenvalue weighted by atomic mass is 10.4. The second-order valence-electron chi connectivity index (χ2n) is 4.20. The maximum Gasteiger partial charge on any atom is 0.441 e. The molecule has 0 fully saturated rings. The van der Waals surface area contributed by atoms with Gasteiger partial charge in [-0.05, 0) is 25.6 Å². The Morgan fingerprint density at radius 2 is 2.00 bits per heavy atom. The maximum absolute atomic E-state index is 12.1. The molecule has 0 aliphatic carbocycles. The summed E-state index contributed by atoms with van der Waals surface area (Å²) in [5.74, 6) is -0.391. The Morgan fingerprint density at radius 1 is 1.38 bits per heavy atom. The van der Waals surface area contributed by atoms with Crippen LogP contribution in [0, 0.1) is 13.8 Å². The number of halogens is 3. The molecule has 1 aromatic heterocycles. The van der Waals surface area contributed by atoms with Crippen LogP contribution >= 0.6 is 11.8 Å². The van der Waals surface area contributed by atoms with E-state index in [0.717, 1.165) is 0 Å². The lowest BCUT2D eigenvalue weighted by Gasteiger charge is -2.08. The van der Waals surface area contributed by atoms with Crippen LogP contribution in [0.4, 0.5) is 13.2 Å². The molecule has 0 bridgehead atoms. The molecule has 1 aromatic rings. The minimum Gasteiger partial charge on any atom is -0.329 e. The number of alkyl halides is 3. The zero-order valence-corrected chi connectivity index (χ0v) is 13.2. The van der Waals surface area contributed by atoms with Crippen LogP contribution in [0.2, 0.25) is 0 Å². The number of hydrogen-bond donors (Lipinski definition) is 2. The highest BCUT2D eigenvalue weighted by atomic mass is 32.2. The molecule has 0 atom stereocenters. The van der Waals surface area contributed by atoms with Crippen molar-refractivity contribution < 1.29 is 21.6 Å². The van der Waals surface area contributed by atoms with Gasteiger partial charge in [-0.2, -0.15) is 18.3 Å². The third-order valence-corrected chi connectivity index (χ3v) is 5.03. The van der Waals surface area contributed by atoms with Crippen molar-refractivity contribution in [2.45, 2.75) is 30.8 Å². The number of sulfonamides is 1. The molecule has 0 radical (unpaired) electrons. The van der Waals surface area contributed by atoms with E-state index in [4.69, 9.17) is 5.73 Å². The number of rotatable bonds is 7. The minimum atomic E-state index is -4.37. The average Bonchev–Trinajstić information content (AvgIpc) is 2.60. The number of nitrogens with two attached hydrogens (primary N) is 1. The zero-order chi connectivity index (χ0) is 16.3. The van der Waals surface area contributed by atoms with Crippen molar-refractivity contribution in [2.24, 2.45) is 5.73 Å². The molecule has 0 amide bonds. The van der Waals surface area contributed by atoms with Crippen molar-refractivity contribution in [3.63, 3.8) is 0 Å². The van der Waals surface area contributed by atoms with E-state index < -0.39 is 21.3 Å². The number of aromatic nitrogens is 2. The topological polar surface area (TPSA) is 90.0 Å². The normalized spacial score (nSPS) is 12.9. The number of aryl methyl sites for hydroxylation is 1. The Labute approximate surface area is 125 Å². The Bertz CT molecular complexity index is 584. The zero-order valence-electron chi connectivity index (χ0n) is 11.6. The smallest absolute Gasteiger partial charge is 0.329 e. The molecule has 0 saturated heterocycles. The molecule has 0 saturated carbocycles. The first kappa shape index (κ1) is 18.3. The summed E-state index contributed by atoms with van der Waals surface area (Å²) >= 11 is -0.273. The third-order valence-electron chi connectivity index (χ3n) is 2.58. The monoisotopic (exact) mass is 346 g/mol. The number of hydrogen-bond acceptors (Lipinski definition) is 5. The molecule has 3 N–H and O–H groups in total. The molecular formula is C10H17F3N4O2S2. The second-order valence-corrected chi connectivity index (χ2v) is 7.07. The van der Waals surface area contributed by atoms with Crippen LogP contribution in [-0.4, -0.2) is 42.5 Å². The largest absolute Gasteiger partial charge is 0.441 e. The van der Waals surface area contributed by atoms with Crippen molar-refractivity contribution in [3.8, 4) is 0 Å². The predicted molar refractivity (Wildman–Crippen MR) is 74.5 cm³/mol. The molecule has 11 heteroatoms. The van der Waals surface area contributed by atoms with E-state index in [9.17, 15) is 21.6 Å². The van der Waals surface area contributed by atoms with E-state index >= 15 is 0 Å². The molecule has 0 aromatic carbocycles. The molecule has 0 unspecified atom stereocenters. The lowest BCUT2D eigenvalue weighted by molar-refractivity contribution is -0.0327. The molecule has 0 aliphatic heterocycles. The average molecular weight is 346 g/mol. The van der Waals surface area contributed by atoms with Gasteiger partial charge in [0, 0.05) is 18.8 Å². The summed E-state index contributed by atoms with van der Waals surface area (Å²) in [6, 6.07) is 0. The number of nitrogens with zero attached hydrogens (tertiary/aromatic N) is 2. The van der Waals surface area contributed by atoms with Gasteiger partial charge in [-0.25, -0.2) is 13.1 Å². The van der Waals surface area contributed by atoms with Crippen LogP contribution in [0.25, 0.3) is 0 Å². The van der Waals surface area contributed by atoms with Crippen LogP contribution in [0.15, 0.2) is 4.90 Å². The lowest BCUT2D eigenvalue weighted by Crippen LogP contribution is -2.27. The summed E-state index contributed by atoms with van der Waals surface area (Å²) < 4.78 is 63.8. The molecule has 1 heterocycles. The van der Waals surface area contributed by atoms with E-state index in [0.29, 0.717) is 18.8 Å². The summed E-state index contributed by atoms with van der Waals surface area (Å²) in [5, 5.41) is 4.07. The highest BCUT2D eigenvalue weighted by Gasteiger charge is 2.28. The first-order valence-electron chi connectivity index (χ1n) is 6.03. The Kier molecular flexibility index (Phi) is 6.08. The van der Waals surface area contributed by atoms with E-state index in [1.165, 1.54) is 11.6 Å². The van der Waals surface area contributed by atoms with Crippen LogP contribution in [0.1, 0.15) is 11.4 Å². The highest BCUT2D eigenvalue weighted by Crippen LogP contribution is 2.29. The van der Waals surface area contributed by atoms with Gasteiger partial charge in [0.25, 0.3) is 0 Å². The molecule has 21 heavy (non-hydrogen) atoms. The fourth-order valence-electron chi connectivity index (χ4n) is 1.82. The maximum atomic E-state index is 12.1. The van der Waals surface area contributed by atoms with Crippen LogP contribution in [-0.2, 0) is 16.6 Å². The fourth-order valence-corrected chi connectivity index (χ4v) is 3.83. The molecule has 6 nitrogen and oxygen atoms in total. The summed E-state index contributed by atoms with van der Waals surface area (Å²) in [7, 11) is -3.89. The van der Waals surface area contributed by atoms with Crippen molar-refractivity contribution >= 4 is 21.8 Å². The van der Waals surface area contributed by atoms with Crippen molar-refractivity contribution in [2.75, 3.05) is 18.8 Å². The van der Waals surface area contributed by atoms with Crippen LogP contribution in [0.3, 0.4) is 0 Å². The molecule has 122 valence electrons. The van der Waals surface area contributed by atoms with E-state index in [1.807, 2.05) is 0 Å². The van der Waals surface area contributed by atoms with Crippen molar-refractivity contribution in [1.29, 1.82) is 0 Å². The molecule has 0 aliphatic rings. The predicted octanol–water partition coefficient (Wildman–Crippen LogP) is 0.990. The van der Waals surface area contributed by atoms with Gasteiger partial charge in [-0.1, -0.05) is 0 Å². The molecule has 1 rings (SSSR count). The van der Waals surface area contributed by atoms with Crippen LogP contribution < -0.4 is 10.5 Å². The molecular weight excluding hydrogens is 329 g/mol. The fraction of sp³-hybridized carbons (Fsp3) is 0.700. The Hall–Kier alpha value is -0.780. The van der Waals surface area contributed by atoms with Crippen molar-refractivity contribution in [3.05, 3.63) is 11.4 Å². The van der Waals surface area contributed by atoms with E-state index in [-0.39, 0.29) is 28.9 Å². The minimum absolute atomic E-state index is 0.00652. The highest BCUT2D eigenvalue weighted by molar-refractivity contribution is 8.00. The van der Waals surface area contributed by atoms with E-state index in [2.05, 4.69) is 9.82 Å². The summed E-state index contributed by atoms with van der Waals surface area (Å²) in [5.41, 5.74) is 1.73. The van der Waals surface area contributed by atoms with E-state index in [1.54, 1.807) is 6.92 Å². The van der Waals surface area contributed by atoms with Gasteiger partial charge in [0.05, 0.1) is 17.9 Å². The van der Waals surface area contributed by atoms with Gasteiger partial charge < -0.3 is 5.73 Å². The van der Waals surface area contributed by atoms with Gasteiger partial charge in [0.2, 0.25) is 10.0 Å².